The third-order valence-corrected chi connectivity index (χ3v) is 5.09. The number of aromatic nitrogens is 2. The van der Waals surface area contributed by atoms with Crippen molar-refractivity contribution in [3.8, 4) is 0 Å². The fourth-order valence-electron chi connectivity index (χ4n) is 3.43. The zero-order chi connectivity index (χ0) is 20.6. The van der Waals surface area contributed by atoms with E-state index in [0.717, 1.165) is 24.3 Å². The molecule has 0 saturated carbocycles. The molecule has 2 aromatic rings. The van der Waals surface area contributed by atoms with Crippen LogP contribution in [0.3, 0.4) is 0 Å². The maximum atomic E-state index is 11.5. The predicted octanol–water partition coefficient (Wildman–Crippen LogP) is 5.61. The van der Waals surface area contributed by atoms with Gasteiger partial charge in [-0.25, -0.2) is 4.98 Å². The molecule has 160 valence electrons. The Labute approximate surface area is 175 Å². The molecule has 0 fully saturated rings. The number of nitrogens with zero attached hydrogens (tertiary/aromatic N) is 2. The molecule has 0 aliphatic rings. The summed E-state index contributed by atoms with van der Waals surface area (Å²) in [5.41, 5.74) is 2.11. The van der Waals surface area contributed by atoms with E-state index in [2.05, 4.69) is 14.9 Å². The van der Waals surface area contributed by atoms with Crippen LogP contribution in [-0.4, -0.2) is 28.7 Å². The van der Waals surface area contributed by atoms with Crippen molar-refractivity contribution in [3.05, 3.63) is 48.5 Å². The largest absolute Gasteiger partial charge is 0.466 e. The van der Waals surface area contributed by atoms with E-state index in [-0.39, 0.29) is 5.97 Å². The molecule has 1 aromatic heterocycles. The molecule has 5 heteroatoms. The number of ether oxygens (including phenoxy) is 1. The highest BCUT2D eigenvalue weighted by Gasteiger charge is 2.03. The zero-order valence-electron chi connectivity index (χ0n) is 17.9. The molecule has 1 aromatic carbocycles. The second-order valence-corrected chi connectivity index (χ2v) is 7.59. The molecule has 0 radical (unpaired) electrons. The summed E-state index contributed by atoms with van der Waals surface area (Å²) in [6, 6.07) is 8.08. The number of esters is 1. The molecule has 1 N–H and O–H groups in total. The second kappa shape index (κ2) is 14.7. The smallest absolute Gasteiger partial charge is 0.310 e. The van der Waals surface area contributed by atoms with Crippen LogP contribution < -0.4 is 5.32 Å². The summed E-state index contributed by atoms with van der Waals surface area (Å²) in [5, 5.41) is 3.46. The van der Waals surface area contributed by atoms with Crippen molar-refractivity contribution < 1.29 is 9.53 Å². The van der Waals surface area contributed by atoms with Gasteiger partial charge in [0, 0.05) is 31.2 Å². The molecule has 1 heterocycles. The minimum Gasteiger partial charge on any atom is -0.466 e. The van der Waals surface area contributed by atoms with Crippen molar-refractivity contribution in [1.82, 2.24) is 9.55 Å². The van der Waals surface area contributed by atoms with Gasteiger partial charge in [0.1, 0.15) is 0 Å². The average Bonchev–Trinajstić information content (AvgIpc) is 3.24. The summed E-state index contributed by atoms with van der Waals surface area (Å²) >= 11 is 0. The lowest BCUT2D eigenvalue weighted by atomic mass is 10.1. The topological polar surface area (TPSA) is 56.1 Å². The van der Waals surface area contributed by atoms with Crippen LogP contribution in [0.4, 0.5) is 5.69 Å². The van der Waals surface area contributed by atoms with Crippen LogP contribution in [0.1, 0.15) is 70.3 Å². The minimum absolute atomic E-state index is 0.164. The van der Waals surface area contributed by atoms with Gasteiger partial charge in [-0.2, -0.15) is 0 Å². The Balaban J connectivity index is 1.38. The zero-order valence-corrected chi connectivity index (χ0v) is 17.9. The number of hydrogen-bond donors (Lipinski definition) is 1. The number of nitrogens with one attached hydrogen (secondary N) is 1. The lowest BCUT2D eigenvalue weighted by molar-refractivity contribution is -0.142. The second-order valence-electron chi connectivity index (χ2n) is 7.59. The molecule has 0 bridgehead atoms. The van der Waals surface area contributed by atoms with Crippen molar-refractivity contribution in [1.29, 1.82) is 0 Å². The molecule has 0 atom stereocenters. The number of rotatable bonds is 16. The molecule has 0 aliphatic carbocycles. The van der Waals surface area contributed by atoms with Crippen LogP contribution in [0.25, 0.3) is 0 Å². The molecule has 0 aliphatic heterocycles. The number of imidazole rings is 1. The van der Waals surface area contributed by atoms with Crippen LogP contribution in [0, 0.1) is 0 Å². The van der Waals surface area contributed by atoms with Crippen molar-refractivity contribution in [2.45, 2.75) is 77.7 Å². The van der Waals surface area contributed by atoms with Gasteiger partial charge in [0.15, 0.2) is 0 Å². The van der Waals surface area contributed by atoms with Gasteiger partial charge in [0.05, 0.1) is 19.4 Å². The van der Waals surface area contributed by atoms with E-state index in [4.69, 9.17) is 4.74 Å². The number of hydrogen-bond acceptors (Lipinski definition) is 4. The lowest BCUT2D eigenvalue weighted by Crippen LogP contribution is -2.07. The number of anilines is 1. The monoisotopic (exact) mass is 399 g/mol. The molecular weight excluding hydrogens is 362 g/mol. The van der Waals surface area contributed by atoms with E-state index < -0.39 is 0 Å². The summed E-state index contributed by atoms with van der Waals surface area (Å²) in [5.74, 6) is -0.164. The van der Waals surface area contributed by atoms with Gasteiger partial charge in [0.2, 0.25) is 0 Å². The molecule has 0 spiro atoms. The van der Waals surface area contributed by atoms with Gasteiger partial charge in [-0.1, -0.05) is 57.1 Å². The minimum atomic E-state index is -0.164. The summed E-state index contributed by atoms with van der Waals surface area (Å²) in [4.78, 5) is 15.6. The maximum Gasteiger partial charge on any atom is 0.310 e. The Kier molecular flexibility index (Phi) is 11.6. The number of benzene rings is 1. The Bertz CT molecular complexity index is 653. The SMILES string of the molecule is CCOC(=O)Cc1ccc(NCCCCCCCCCCCn2ccnc2)cc1. The van der Waals surface area contributed by atoms with Gasteiger partial charge in [-0.3, -0.25) is 4.79 Å². The summed E-state index contributed by atoms with van der Waals surface area (Å²) in [7, 11) is 0. The molecular formula is C24H37N3O2. The quantitative estimate of drug-likeness (QED) is 0.294. The standard InChI is InChI=1S/C24H37N3O2/c1-2-29-24(28)20-22-12-14-23(15-13-22)26-16-10-8-6-4-3-5-7-9-11-18-27-19-17-25-21-27/h12-15,17,19,21,26H,2-11,16,18,20H2,1H3. The van der Waals surface area contributed by atoms with Crippen molar-refractivity contribution >= 4 is 11.7 Å². The van der Waals surface area contributed by atoms with Crippen molar-refractivity contribution in [2.24, 2.45) is 0 Å². The summed E-state index contributed by atoms with van der Waals surface area (Å²) in [6.07, 6.45) is 17.9. The molecule has 0 amide bonds. The normalized spacial score (nSPS) is 10.8. The van der Waals surface area contributed by atoms with E-state index in [1.807, 2.05) is 49.9 Å². The predicted molar refractivity (Wildman–Crippen MR) is 119 cm³/mol. The van der Waals surface area contributed by atoms with Crippen molar-refractivity contribution in [2.75, 3.05) is 18.5 Å². The Morgan fingerprint density at radius 2 is 1.62 bits per heavy atom. The van der Waals surface area contributed by atoms with E-state index in [1.54, 1.807) is 0 Å². The first kappa shape index (κ1) is 23.0. The molecule has 29 heavy (non-hydrogen) atoms. The average molecular weight is 400 g/mol. The summed E-state index contributed by atoms with van der Waals surface area (Å²) < 4.78 is 7.14. The highest BCUT2D eigenvalue weighted by molar-refractivity contribution is 5.72. The molecule has 0 saturated heterocycles. The highest BCUT2D eigenvalue weighted by atomic mass is 16.5. The van der Waals surface area contributed by atoms with Gasteiger partial charge < -0.3 is 14.6 Å². The van der Waals surface area contributed by atoms with Crippen LogP contribution in [-0.2, 0) is 22.5 Å². The lowest BCUT2D eigenvalue weighted by Gasteiger charge is -2.08. The van der Waals surface area contributed by atoms with Crippen LogP contribution >= 0.6 is 0 Å². The number of carbonyl (C=O) groups is 1. The third-order valence-electron chi connectivity index (χ3n) is 5.09. The number of aryl methyl sites for hydroxylation is 1. The first-order valence-electron chi connectivity index (χ1n) is 11.2. The van der Waals surface area contributed by atoms with Gasteiger partial charge in [0.25, 0.3) is 0 Å². The van der Waals surface area contributed by atoms with Gasteiger partial charge in [-0.05, 0) is 37.5 Å². The van der Waals surface area contributed by atoms with E-state index >= 15 is 0 Å². The fraction of sp³-hybridized carbons (Fsp3) is 0.583. The maximum absolute atomic E-state index is 11.5. The number of unbranched alkanes of at least 4 members (excludes halogenated alkanes) is 8. The number of carbonyl (C=O) groups excluding carboxylic acids is 1. The van der Waals surface area contributed by atoms with Crippen LogP contribution in [0.2, 0.25) is 0 Å². The Morgan fingerprint density at radius 1 is 0.966 bits per heavy atom. The van der Waals surface area contributed by atoms with Gasteiger partial charge >= 0.3 is 5.97 Å². The van der Waals surface area contributed by atoms with Crippen molar-refractivity contribution in [3.63, 3.8) is 0 Å². The highest BCUT2D eigenvalue weighted by Crippen LogP contribution is 2.13. The fourth-order valence-corrected chi connectivity index (χ4v) is 3.43. The Hall–Kier alpha value is -2.30. The van der Waals surface area contributed by atoms with E-state index in [9.17, 15) is 4.79 Å². The first-order chi connectivity index (χ1) is 14.3. The first-order valence-corrected chi connectivity index (χ1v) is 11.2. The molecule has 2 rings (SSSR count). The van der Waals surface area contributed by atoms with E-state index in [0.29, 0.717) is 13.0 Å². The molecule has 0 unspecified atom stereocenters. The third kappa shape index (κ3) is 10.7. The summed E-state index contributed by atoms with van der Waals surface area (Å²) in [6.45, 7) is 4.37. The van der Waals surface area contributed by atoms with Gasteiger partial charge in [-0.15, -0.1) is 0 Å². The molecule has 5 nitrogen and oxygen atoms in total. The van der Waals surface area contributed by atoms with Crippen LogP contribution in [0.15, 0.2) is 43.0 Å². The van der Waals surface area contributed by atoms with E-state index in [1.165, 1.54) is 57.8 Å². The Morgan fingerprint density at radius 3 is 2.24 bits per heavy atom. The van der Waals surface area contributed by atoms with Crippen LogP contribution in [0.5, 0.6) is 0 Å².